The smallest absolute Gasteiger partial charge is 0.315 e. The number of benzene rings is 2. The summed E-state index contributed by atoms with van der Waals surface area (Å²) in [4.78, 5) is 46.4. The quantitative estimate of drug-likeness (QED) is 0.629. The van der Waals surface area contributed by atoms with Gasteiger partial charge in [0.25, 0.3) is 5.91 Å². The molecule has 0 unspecified atom stereocenters. The van der Waals surface area contributed by atoms with E-state index in [4.69, 9.17) is 28.0 Å². The van der Waals surface area contributed by atoms with Crippen molar-refractivity contribution in [2.75, 3.05) is 39.8 Å². The van der Waals surface area contributed by atoms with Gasteiger partial charge in [0, 0.05) is 43.3 Å². The van der Waals surface area contributed by atoms with Crippen molar-refractivity contribution in [3.63, 3.8) is 0 Å². The molecule has 4 amide bonds. The van der Waals surface area contributed by atoms with Crippen molar-refractivity contribution in [2.45, 2.75) is 6.04 Å². The number of rotatable bonds is 4. The molecule has 0 radical (unpaired) electrons. The molecule has 0 atom stereocenters. The Labute approximate surface area is 195 Å². The zero-order valence-corrected chi connectivity index (χ0v) is 18.9. The van der Waals surface area contributed by atoms with Crippen LogP contribution < -0.4 is 0 Å². The summed E-state index contributed by atoms with van der Waals surface area (Å²) in [6.45, 7) is 1.83. The monoisotopic (exact) mass is 476 g/mol. The first kappa shape index (κ1) is 22.4. The lowest BCUT2D eigenvalue weighted by Gasteiger charge is -2.39. The number of carbonyl (C=O) groups excluding carboxylic acids is 3. The largest absolute Gasteiger partial charge is 0.434 e. The van der Waals surface area contributed by atoms with Crippen molar-refractivity contribution in [2.24, 2.45) is 0 Å². The molecule has 0 spiro atoms. The summed E-state index contributed by atoms with van der Waals surface area (Å²) in [5.41, 5.74) is 2.15. The van der Waals surface area contributed by atoms with Crippen LogP contribution in [0.15, 0.2) is 48.5 Å². The van der Waals surface area contributed by atoms with E-state index >= 15 is 0 Å². The highest BCUT2D eigenvalue weighted by atomic mass is 35.5. The number of nitrogens with zero attached hydrogens (tertiary/aromatic N) is 4. The van der Waals surface area contributed by atoms with Crippen LogP contribution >= 0.6 is 23.2 Å². The summed E-state index contributed by atoms with van der Waals surface area (Å²) in [6.07, 6.45) is -0.712. The molecule has 0 aliphatic carbocycles. The number of hydrogen-bond acceptors (Lipinski definition) is 5. The van der Waals surface area contributed by atoms with E-state index in [2.05, 4.69) is 4.90 Å². The van der Waals surface area contributed by atoms with Gasteiger partial charge in [0.1, 0.15) is 6.54 Å². The average molecular weight is 477 g/mol. The highest BCUT2D eigenvalue weighted by molar-refractivity contribution is 6.30. The van der Waals surface area contributed by atoms with Gasteiger partial charge in [0.2, 0.25) is 0 Å². The van der Waals surface area contributed by atoms with E-state index in [0.29, 0.717) is 41.3 Å². The predicted molar refractivity (Wildman–Crippen MR) is 119 cm³/mol. The third-order valence-electron chi connectivity index (χ3n) is 5.58. The van der Waals surface area contributed by atoms with Crippen LogP contribution in [0, 0.1) is 0 Å². The van der Waals surface area contributed by atoms with Crippen LogP contribution in [-0.4, -0.2) is 77.6 Å². The molecule has 168 valence electrons. The number of imide groups is 1. The maximum atomic E-state index is 12.5. The van der Waals surface area contributed by atoms with E-state index in [1.807, 2.05) is 48.5 Å². The van der Waals surface area contributed by atoms with Gasteiger partial charge in [-0.2, -0.15) is 0 Å². The van der Waals surface area contributed by atoms with Crippen molar-refractivity contribution in [1.82, 2.24) is 19.8 Å². The van der Waals surface area contributed by atoms with Crippen LogP contribution in [0.1, 0.15) is 17.2 Å². The number of urea groups is 1. The number of halogens is 2. The first-order chi connectivity index (χ1) is 15.3. The zero-order chi connectivity index (χ0) is 22.8. The Hall–Kier alpha value is -2.81. The fourth-order valence-electron chi connectivity index (χ4n) is 3.89. The van der Waals surface area contributed by atoms with Crippen LogP contribution in [-0.2, 0) is 9.63 Å². The number of piperazine rings is 1. The van der Waals surface area contributed by atoms with Gasteiger partial charge in [0.15, 0.2) is 0 Å². The van der Waals surface area contributed by atoms with E-state index in [1.165, 1.54) is 16.8 Å². The van der Waals surface area contributed by atoms with Crippen LogP contribution in [0.5, 0.6) is 0 Å². The lowest BCUT2D eigenvalue weighted by molar-refractivity contribution is -0.149. The summed E-state index contributed by atoms with van der Waals surface area (Å²) in [6, 6.07) is 14.7. The molecule has 2 heterocycles. The molecule has 2 aromatic carbocycles. The number of amides is 4. The fraction of sp³-hybridized carbons (Fsp3) is 0.318. The van der Waals surface area contributed by atoms with Gasteiger partial charge in [0.05, 0.1) is 6.04 Å². The van der Waals surface area contributed by atoms with Crippen LogP contribution in [0.2, 0.25) is 10.0 Å². The lowest BCUT2D eigenvalue weighted by atomic mass is 9.96. The van der Waals surface area contributed by atoms with Gasteiger partial charge in [-0.3, -0.25) is 9.69 Å². The maximum absolute atomic E-state index is 12.5. The number of hydroxylamine groups is 2. The molecule has 2 fully saturated rings. The second-order valence-corrected chi connectivity index (χ2v) is 8.59. The third-order valence-corrected chi connectivity index (χ3v) is 6.08. The van der Waals surface area contributed by atoms with E-state index in [9.17, 15) is 14.4 Å². The van der Waals surface area contributed by atoms with Gasteiger partial charge >= 0.3 is 12.1 Å². The molecule has 4 rings (SSSR count). The van der Waals surface area contributed by atoms with Crippen molar-refractivity contribution >= 4 is 41.2 Å². The molecule has 8 nitrogen and oxygen atoms in total. The Morgan fingerprint density at radius 3 is 1.81 bits per heavy atom. The van der Waals surface area contributed by atoms with Crippen molar-refractivity contribution in [1.29, 1.82) is 0 Å². The van der Waals surface area contributed by atoms with Gasteiger partial charge < -0.3 is 14.6 Å². The maximum Gasteiger partial charge on any atom is 0.434 e. The van der Waals surface area contributed by atoms with E-state index in [1.54, 1.807) is 0 Å². The Morgan fingerprint density at radius 2 is 1.38 bits per heavy atom. The molecule has 0 bridgehead atoms. The molecule has 32 heavy (non-hydrogen) atoms. The highest BCUT2D eigenvalue weighted by Crippen LogP contribution is 2.31. The molecular formula is C22H22Cl2N4O4. The Morgan fingerprint density at radius 1 is 0.875 bits per heavy atom. The van der Waals surface area contributed by atoms with Gasteiger partial charge in [-0.25, -0.2) is 9.59 Å². The predicted octanol–water partition coefficient (Wildman–Crippen LogP) is 3.65. The summed E-state index contributed by atoms with van der Waals surface area (Å²) < 4.78 is 0. The highest BCUT2D eigenvalue weighted by Gasteiger charge is 2.39. The van der Waals surface area contributed by atoms with E-state index in [-0.39, 0.29) is 12.6 Å². The Balaban J connectivity index is 1.46. The second-order valence-electron chi connectivity index (χ2n) is 7.71. The summed E-state index contributed by atoms with van der Waals surface area (Å²) in [7, 11) is 1.47. The lowest BCUT2D eigenvalue weighted by Crippen LogP contribution is -2.51. The number of hydrogen-bond donors (Lipinski definition) is 0. The van der Waals surface area contributed by atoms with Gasteiger partial charge in [-0.05, 0) is 35.4 Å². The normalized spacial score (nSPS) is 17.4. The SMILES string of the molecule is CN1CC(=O)N(OC(=O)N2CCN(C(c3ccc(Cl)cc3)c3ccc(Cl)cc3)CC2)C1=O. The minimum absolute atomic E-state index is 0.0434. The average Bonchev–Trinajstić information content (AvgIpc) is 3.03. The molecule has 10 heteroatoms. The first-order valence-corrected chi connectivity index (χ1v) is 10.9. The molecule has 2 saturated heterocycles. The summed E-state index contributed by atoms with van der Waals surface area (Å²) in [5, 5.41) is 1.85. The molecule has 0 saturated carbocycles. The first-order valence-electron chi connectivity index (χ1n) is 10.1. The molecular weight excluding hydrogens is 455 g/mol. The standard InChI is InChI=1S/C22H22Cl2N4O4/c1-25-14-19(29)28(21(25)30)32-22(31)27-12-10-26(11-13-27)20(15-2-6-17(23)7-3-15)16-4-8-18(24)9-5-16/h2-9,20H,10-14H2,1H3. The van der Waals surface area contributed by atoms with E-state index in [0.717, 1.165) is 11.1 Å². The molecule has 0 N–H and O–H groups in total. The van der Waals surface area contributed by atoms with Crippen molar-refractivity contribution < 1.29 is 19.2 Å². The minimum Gasteiger partial charge on any atom is -0.315 e. The van der Waals surface area contributed by atoms with Gasteiger partial charge in [-0.1, -0.05) is 52.5 Å². The minimum atomic E-state index is -0.712. The van der Waals surface area contributed by atoms with E-state index < -0.39 is 18.0 Å². The van der Waals surface area contributed by atoms with Gasteiger partial charge in [-0.15, -0.1) is 0 Å². The summed E-state index contributed by atoms with van der Waals surface area (Å²) in [5.74, 6) is -0.560. The Bertz CT molecular complexity index is 962. The van der Waals surface area contributed by atoms with Crippen molar-refractivity contribution in [3.05, 3.63) is 69.7 Å². The fourth-order valence-corrected chi connectivity index (χ4v) is 4.14. The second kappa shape index (κ2) is 9.36. The number of likely N-dealkylation sites (N-methyl/N-ethyl adjacent to an activating group) is 1. The molecule has 0 aromatic heterocycles. The van der Waals surface area contributed by atoms with Crippen LogP contribution in [0.4, 0.5) is 9.59 Å². The topological polar surface area (TPSA) is 73.4 Å². The summed E-state index contributed by atoms with van der Waals surface area (Å²) >= 11 is 12.2. The number of carbonyl (C=O) groups is 3. The molecule has 2 aromatic rings. The van der Waals surface area contributed by atoms with Crippen LogP contribution in [0.25, 0.3) is 0 Å². The molecule has 2 aliphatic rings. The Kier molecular flexibility index (Phi) is 6.55. The third kappa shape index (κ3) is 4.67. The molecule has 2 aliphatic heterocycles. The van der Waals surface area contributed by atoms with Crippen LogP contribution in [0.3, 0.4) is 0 Å². The zero-order valence-electron chi connectivity index (χ0n) is 17.4. The van der Waals surface area contributed by atoms with Crippen molar-refractivity contribution in [3.8, 4) is 0 Å².